The van der Waals surface area contributed by atoms with Gasteiger partial charge in [-0.1, -0.05) is 62.4 Å². The first-order chi connectivity index (χ1) is 27.0. The Morgan fingerprint density at radius 2 is 1.55 bits per heavy atom. The van der Waals surface area contributed by atoms with Crippen molar-refractivity contribution in [1.82, 2.24) is 5.32 Å². The van der Waals surface area contributed by atoms with Crippen molar-refractivity contribution in [2.75, 3.05) is 6.61 Å². The zero-order valence-electron chi connectivity index (χ0n) is 33.9. The van der Waals surface area contributed by atoms with Gasteiger partial charge in [0.15, 0.2) is 17.5 Å². The van der Waals surface area contributed by atoms with Crippen molar-refractivity contribution < 1.29 is 68.1 Å². The molecule has 2 bridgehead atoms. The third kappa shape index (κ3) is 7.10. The van der Waals surface area contributed by atoms with E-state index in [2.05, 4.69) is 5.32 Å². The van der Waals surface area contributed by atoms with Crippen LogP contribution in [0.1, 0.15) is 90.2 Å². The Labute approximate surface area is 336 Å². The number of rotatable bonds is 8. The summed E-state index contributed by atoms with van der Waals surface area (Å²) >= 11 is 0. The number of ether oxygens (including phenoxy) is 5. The summed E-state index contributed by atoms with van der Waals surface area (Å²) in [4.78, 5) is 68.9. The molecule has 1 heterocycles. The monoisotopic (exact) mass is 807 g/mol. The van der Waals surface area contributed by atoms with Crippen molar-refractivity contribution in [2.24, 2.45) is 16.7 Å². The van der Waals surface area contributed by atoms with Gasteiger partial charge in [-0.3, -0.25) is 9.59 Å². The number of alkyl carbamates (subject to hydrolysis) is 1. The van der Waals surface area contributed by atoms with Gasteiger partial charge in [0.2, 0.25) is 0 Å². The Morgan fingerprint density at radius 1 is 0.948 bits per heavy atom. The zero-order chi connectivity index (χ0) is 42.7. The number of fused-ring (bicyclic) bond motifs is 5. The van der Waals surface area contributed by atoms with Crippen molar-refractivity contribution >= 4 is 29.8 Å². The van der Waals surface area contributed by atoms with Gasteiger partial charge in [-0.15, -0.1) is 0 Å². The molecule has 11 atom stereocenters. The molecule has 1 saturated heterocycles. The third-order valence-electron chi connectivity index (χ3n) is 12.6. The predicted octanol–water partition coefficient (Wildman–Crippen LogP) is 3.26. The minimum atomic E-state index is -2.35. The lowest BCUT2D eigenvalue weighted by molar-refractivity contribution is -0.346. The summed E-state index contributed by atoms with van der Waals surface area (Å²) in [5.41, 5.74) is -8.14. The second-order valence-electron chi connectivity index (χ2n) is 17.6. The summed E-state index contributed by atoms with van der Waals surface area (Å²) in [7, 11) is 0. The van der Waals surface area contributed by atoms with Gasteiger partial charge < -0.3 is 49.4 Å². The molecule has 5 N–H and O–H groups in total. The number of benzene rings is 2. The fourth-order valence-electron chi connectivity index (χ4n) is 9.56. The van der Waals surface area contributed by atoms with Crippen LogP contribution in [0, 0.1) is 16.7 Å². The molecule has 3 aliphatic carbocycles. The van der Waals surface area contributed by atoms with Crippen LogP contribution in [-0.2, 0) is 38.1 Å². The molecule has 3 fully saturated rings. The van der Waals surface area contributed by atoms with E-state index in [9.17, 15) is 44.4 Å². The van der Waals surface area contributed by atoms with Gasteiger partial charge in [-0.2, -0.15) is 0 Å². The Hall–Kier alpha value is -4.67. The van der Waals surface area contributed by atoms with E-state index in [1.165, 1.54) is 26.0 Å². The van der Waals surface area contributed by atoms with E-state index in [1.54, 1.807) is 83.1 Å². The molecule has 58 heavy (non-hydrogen) atoms. The van der Waals surface area contributed by atoms with E-state index < -0.39 is 112 Å². The molecule has 0 unspecified atom stereocenters. The van der Waals surface area contributed by atoms with Crippen LogP contribution in [0.5, 0.6) is 0 Å². The first kappa shape index (κ1) is 42.9. The van der Waals surface area contributed by atoms with Crippen molar-refractivity contribution in [2.45, 2.75) is 128 Å². The maximum atomic E-state index is 14.9. The van der Waals surface area contributed by atoms with Gasteiger partial charge in [-0.25, -0.2) is 14.4 Å². The molecule has 2 saturated carbocycles. The lowest BCUT2D eigenvalue weighted by Crippen LogP contribution is -2.81. The Balaban J connectivity index is 1.49. The average Bonchev–Trinajstić information content (AvgIpc) is 3.14. The normalized spacial score (nSPS) is 33.7. The minimum absolute atomic E-state index is 0.0637. The highest BCUT2D eigenvalue weighted by atomic mass is 16.6. The minimum Gasteiger partial charge on any atom is -0.456 e. The summed E-state index contributed by atoms with van der Waals surface area (Å²) in [5.74, 6) is -5.36. The number of Topliss-reactive ketones (excluding diaryl/α,β-unsaturated/α-hetero) is 1. The van der Waals surface area contributed by atoms with Crippen LogP contribution in [0.3, 0.4) is 0 Å². The molecular weight excluding hydrogens is 754 g/mol. The summed E-state index contributed by atoms with van der Waals surface area (Å²) in [6, 6.07) is 14.6. The summed E-state index contributed by atoms with van der Waals surface area (Å²) in [5, 5.41) is 51.6. The molecular formula is C43H53NO14. The highest BCUT2D eigenvalue weighted by molar-refractivity contribution is 5.94. The molecule has 2 aromatic rings. The Kier molecular flexibility index (Phi) is 11.2. The fraction of sp³-hybridized carbons (Fsp3) is 0.558. The quantitative estimate of drug-likeness (QED) is 0.147. The lowest BCUT2D eigenvalue weighted by Gasteiger charge is -2.67. The van der Waals surface area contributed by atoms with Crippen LogP contribution < -0.4 is 5.32 Å². The molecule has 0 aromatic heterocycles. The standard InChI is InChI=1S/C43H53NO14/c1-22-26(55-37(51)32(48)30(24-15-11-9-12-16-24)44-38(52)58-39(3,4)5)20-43(53)35(56-36(50)25-17-13-10-14-18-25)33-41(8,34(49)31(47)29(22)40(43,6)7)27(46)19-28-42(33,21-54-28)57-23(2)45/h9-18,26-28,30-33,35,46-48,53H,19-21H2,1-8H3,(H,44,52)/t26-,27-,28+,30+,31+,32+,33-,35-,41+,42-,43+/m0/s1. The molecule has 0 radical (unpaired) electrons. The smallest absolute Gasteiger partial charge is 0.408 e. The molecule has 15 heteroatoms. The largest absolute Gasteiger partial charge is 0.456 e. The van der Waals surface area contributed by atoms with Crippen molar-refractivity contribution in [3.63, 3.8) is 0 Å². The van der Waals surface area contributed by atoms with Crippen molar-refractivity contribution in [3.05, 3.63) is 82.9 Å². The summed E-state index contributed by atoms with van der Waals surface area (Å²) in [6.07, 6.45) is -11.5. The van der Waals surface area contributed by atoms with E-state index >= 15 is 0 Å². The lowest BCUT2D eigenvalue weighted by atomic mass is 9.44. The molecule has 1 aliphatic heterocycles. The summed E-state index contributed by atoms with van der Waals surface area (Å²) in [6.45, 7) is 11.8. The first-order valence-corrected chi connectivity index (χ1v) is 19.3. The van der Waals surface area contributed by atoms with Crippen molar-refractivity contribution in [1.29, 1.82) is 0 Å². The first-order valence-electron chi connectivity index (χ1n) is 19.3. The van der Waals surface area contributed by atoms with E-state index in [0.717, 1.165) is 6.92 Å². The zero-order valence-corrected chi connectivity index (χ0v) is 33.9. The van der Waals surface area contributed by atoms with Crippen LogP contribution in [0.25, 0.3) is 0 Å². The third-order valence-corrected chi connectivity index (χ3v) is 12.6. The van der Waals surface area contributed by atoms with E-state index in [1.807, 2.05) is 0 Å². The number of hydrogen-bond donors (Lipinski definition) is 5. The topological polar surface area (TPSA) is 224 Å². The SMILES string of the molecule is CC(=O)O[C@@]12CO[C@@H]1C[C@H](O)[C@@]1(C)C(=O)[C@H](O)C3=C(C)[C@@H](OC(=O)[C@H](O)[C@H](NC(=O)OC(C)(C)C)c4ccccc4)C[C@@](O)([C@@H](OC(=O)c4ccccc4)[C@H]21)C3(C)C. The Morgan fingerprint density at radius 3 is 2.10 bits per heavy atom. The van der Waals surface area contributed by atoms with Crippen molar-refractivity contribution in [3.8, 4) is 0 Å². The van der Waals surface area contributed by atoms with Crippen LogP contribution >= 0.6 is 0 Å². The van der Waals surface area contributed by atoms with Gasteiger partial charge in [0.1, 0.15) is 35.6 Å². The second kappa shape index (κ2) is 15.2. The number of amides is 1. The molecule has 314 valence electrons. The highest BCUT2D eigenvalue weighted by Crippen LogP contribution is 2.64. The fourth-order valence-corrected chi connectivity index (χ4v) is 9.56. The average molecular weight is 808 g/mol. The number of aliphatic hydroxyl groups is 4. The molecule has 2 aromatic carbocycles. The number of ketones is 1. The molecule has 0 spiro atoms. The number of aliphatic hydroxyl groups excluding tert-OH is 3. The van der Waals surface area contributed by atoms with Crippen LogP contribution in [0.4, 0.5) is 4.79 Å². The second-order valence-corrected chi connectivity index (χ2v) is 17.6. The molecule has 1 amide bonds. The maximum Gasteiger partial charge on any atom is 0.408 e. The molecule has 15 nitrogen and oxygen atoms in total. The molecule has 6 rings (SSSR count). The Bertz CT molecular complexity index is 1980. The number of hydrogen-bond acceptors (Lipinski definition) is 14. The molecule has 4 aliphatic rings. The number of carbonyl (C=O) groups is 5. The van der Waals surface area contributed by atoms with Gasteiger partial charge >= 0.3 is 24.0 Å². The summed E-state index contributed by atoms with van der Waals surface area (Å²) < 4.78 is 29.5. The van der Waals surface area contributed by atoms with E-state index in [4.69, 9.17) is 23.7 Å². The number of esters is 3. The maximum absolute atomic E-state index is 14.9. The van der Waals surface area contributed by atoms with E-state index in [0.29, 0.717) is 5.56 Å². The predicted molar refractivity (Wildman–Crippen MR) is 204 cm³/mol. The number of nitrogens with one attached hydrogen (secondary N) is 1. The van der Waals surface area contributed by atoms with E-state index in [-0.39, 0.29) is 29.7 Å². The van der Waals surface area contributed by atoms with Gasteiger partial charge in [0, 0.05) is 25.2 Å². The van der Waals surface area contributed by atoms with Crippen LogP contribution in [-0.4, -0.2) is 110 Å². The van der Waals surface area contributed by atoms with Crippen LogP contribution in [0.15, 0.2) is 71.8 Å². The van der Waals surface area contributed by atoms with Gasteiger partial charge in [-0.05, 0) is 63.5 Å². The number of carbonyl (C=O) groups excluding carboxylic acids is 5. The highest BCUT2D eigenvalue weighted by Gasteiger charge is 2.78. The van der Waals surface area contributed by atoms with Gasteiger partial charge in [0.05, 0.1) is 35.6 Å². The van der Waals surface area contributed by atoms with Gasteiger partial charge in [0.25, 0.3) is 0 Å². The van der Waals surface area contributed by atoms with Crippen LogP contribution in [0.2, 0.25) is 0 Å².